The Balaban J connectivity index is 3.40. The molecular weight excluding hydrogens is 128 g/mol. The highest BCUT2D eigenvalue weighted by atomic mass is 32.2. The van der Waals surface area contributed by atoms with Crippen molar-refractivity contribution in [2.24, 2.45) is 0 Å². The molecule has 1 radical (unpaired) electrons. The molecule has 0 bridgehead atoms. The van der Waals surface area contributed by atoms with Gasteiger partial charge in [-0.1, -0.05) is 11.8 Å². The summed E-state index contributed by atoms with van der Waals surface area (Å²) in [6.07, 6.45) is 2.71. The molecular formula is C4H5O3S. The van der Waals surface area contributed by atoms with E-state index in [0.29, 0.717) is 11.8 Å². The molecule has 0 aromatic carbocycles. The Labute approximate surface area is 51.1 Å². The largest absolute Gasteiger partial charge is 0.481 e. The van der Waals surface area contributed by atoms with Crippen LogP contribution in [0.2, 0.25) is 0 Å². The van der Waals surface area contributed by atoms with Crippen molar-refractivity contribution in [3.63, 3.8) is 0 Å². The van der Waals surface area contributed by atoms with Gasteiger partial charge < -0.3 is 5.11 Å². The third-order valence-electron chi connectivity index (χ3n) is 0.457. The minimum absolute atomic E-state index is 0.419. The molecule has 0 saturated carbocycles. The highest BCUT2D eigenvalue weighted by molar-refractivity contribution is 8.14. The number of rotatable bonds is 2. The fourth-order valence-corrected chi connectivity index (χ4v) is 0.400. The van der Waals surface area contributed by atoms with Crippen molar-refractivity contribution in [2.45, 2.75) is 6.42 Å². The van der Waals surface area contributed by atoms with Gasteiger partial charge in [-0.15, -0.1) is 0 Å². The van der Waals surface area contributed by atoms with Crippen LogP contribution in [0, 0.1) is 6.26 Å². The van der Waals surface area contributed by atoms with Gasteiger partial charge in [-0.2, -0.15) is 0 Å². The summed E-state index contributed by atoms with van der Waals surface area (Å²) < 4.78 is 0. The first-order valence-electron chi connectivity index (χ1n) is 1.83. The second kappa shape index (κ2) is 3.49. The first kappa shape index (κ1) is 7.49. The normalized spacial score (nSPS) is 8.62. The van der Waals surface area contributed by atoms with E-state index in [1.165, 1.54) is 0 Å². The number of aliphatic carboxylic acids is 1. The van der Waals surface area contributed by atoms with Crippen molar-refractivity contribution < 1.29 is 14.7 Å². The average molecular weight is 133 g/mol. The lowest BCUT2D eigenvalue weighted by atomic mass is 10.5. The Morgan fingerprint density at radius 3 is 2.25 bits per heavy atom. The van der Waals surface area contributed by atoms with Crippen LogP contribution in [-0.4, -0.2) is 16.2 Å². The number of thioether (sulfide) groups is 1. The number of hydrogen-bond acceptors (Lipinski definition) is 3. The molecule has 0 aromatic heterocycles. The summed E-state index contributed by atoms with van der Waals surface area (Å²) >= 11 is 0.683. The number of carboxylic acid groups (broad SMARTS) is 1. The number of carbonyl (C=O) groups excluding carboxylic acids is 1. The Morgan fingerprint density at radius 1 is 1.62 bits per heavy atom. The van der Waals surface area contributed by atoms with Crippen LogP contribution >= 0.6 is 11.8 Å². The number of carboxylic acids is 1. The minimum atomic E-state index is -1.11. The fourth-order valence-electron chi connectivity index (χ4n) is 0.175. The summed E-state index contributed by atoms with van der Waals surface area (Å²) in [5, 5.41) is 7.53. The standard InChI is InChI=1S/C4H5O3S/c1-8-4(7)2-3(5)6/h1-2H2,(H,5,6). The van der Waals surface area contributed by atoms with Crippen molar-refractivity contribution in [3.8, 4) is 0 Å². The van der Waals surface area contributed by atoms with E-state index in [9.17, 15) is 9.59 Å². The second-order valence-corrected chi connectivity index (χ2v) is 1.83. The zero-order chi connectivity index (χ0) is 6.57. The smallest absolute Gasteiger partial charge is 0.311 e. The summed E-state index contributed by atoms with van der Waals surface area (Å²) in [4.78, 5) is 19.8. The predicted molar refractivity (Wildman–Crippen MR) is 30.2 cm³/mol. The van der Waals surface area contributed by atoms with E-state index in [1.807, 2.05) is 0 Å². The minimum Gasteiger partial charge on any atom is -0.481 e. The van der Waals surface area contributed by atoms with Crippen molar-refractivity contribution in [1.29, 1.82) is 0 Å². The summed E-state index contributed by atoms with van der Waals surface area (Å²) in [7, 11) is 0. The number of carbonyl (C=O) groups is 2. The molecule has 1 N–H and O–H groups in total. The molecule has 0 atom stereocenters. The van der Waals surface area contributed by atoms with Crippen molar-refractivity contribution in [2.75, 3.05) is 0 Å². The lowest BCUT2D eigenvalue weighted by Crippen LogP contribution is -2.00. The van der Waals surface area contributed by atoms with Crippen LogP contribution in [0.3, 0.4) is 0 Å². The lowest BCUT2D eigenvalue weighted by Gasteiger charge is -1.85. The SMILES string of the molecule is [CH2]SC(=O)CC(=O)O. The molecule has 0 aliphatic carbocycles. The quantitative estimate of drug-likeness (QED) is 0.558. The monoisotopic (exact) mass is 133 g/mol. The molecule has 8 heavy (non-hydrogen) atoms. The first-order valence-corrected chi connectivity index (χ1v) is 2.82. The highest BCUT2D eigenvalue weighted by Gasteiger charge is 2.03. The van der Waals surface area contributed by atoms with E-state index in [1.54, 1.807) is 0 Å². The molecule has 0 aromatic rings. The zero-order valence-electron chi connectivity index (χ0n) is 4.09. The Bertz CT molecular complexity index is 110. The van der Waals surface area contributed by atoms with Crippen molar-refractivity contribution in [1.82, 2.24) is 0 Å². The van der Waals surface area contributed by atoms with Gasteiger partial charge >= 0.3 is 5.97 Å². The van der Waals surface area contributed by atoms with E-state index in [0.717, 1.165) is 0 Å². The summed E-state index contributed by atoms with van der Waals surface area (Å²) in [5.74, 6) is -1.11. The van der Waals surface area contributed by atoms with Gasteiger partial charge in [0.05, 0.1) is 0 Å². The number of hydrogen-bond donors (Lipinski definition) is 1. The van der Waals surface area contributed by atoms with E-state index in [-0.39, 0.29) is 0 Å². The fraction of sp³-hybridized carbons (Fsp3) is 0.250. The molecule has 3 nitrogen and oxygen atoms in total. The van der Waals surface area contributed by atoms with Gasteiger partial charge in [-0.25, -0.2) is 0 Å². The van der Waals surface area contributed by atoms with E-state index in [2.05, 4.69) is 6.26 Å². The molecule has 45 valence electrons. The maximum Gasteiger partial charge on any atom is 0.311 e. The van der Waals surface area contributed by atoms with Crippen LogP contribution in [0.4, 0.5) is 0 Å². The molecule has 0 heterocycles. The molecule has 0 rings (SSSR count). The van der Waals surface area contributed by atoms with Crippen molar-refractivity contribution in [3.05, 3.63) is 6.26 Å². The molecule has 0 saturated heterocycles. The van der Waals surface area contributed by atoms with Crippen LogP contribution in [0.25, 0.3) is 0 Å². The van der Waals surface area contributed by atoms with Crippen LogP contribution in [-0.2, 0) is 9.59 Å². The topological polar surface area (TPSA) is 54.4 Å². The maximum atomic E-state index is 10.1. The molecule has 0 fully saturated rings. The van der Waals surface area contributed by atoms with Gasteiger partial charge in [0, 0.05) is 6.26 Å². The lowest BCUT2D eigenvalue weighted by molar-refractivity contribution is -0.138. The average Bonchev–Trinajstić information content (AvgIpc) is 1.65. The van der Waals surface area contributed by atoms with Crippen LogP contribution in [0.15, 0.2) is 0 Å². The first-order chi connectivity index (χ1) is 3.66. The van der Waals surface area contributed by atoms with Gasteiger partial charge in [-0.05, 0) is 0 Å². The van der Waals surface area contributed by atoms with Gasteiger partial charge in [0.2, 0.25) is 0 Å². The molecule has 0 amide bonds. The van der Waals surface area contributed by atoms with Crippen molar-refractivity contribution >= 4 is 22.8 Å². The molecule has 0 unspecified atom stereocenters. The van der Waals surface area contributed by atoms with Crippen LogP contribution < -0.4 is 0 Å². The Hall–Kier alpha value is -0.510. The molecule has 4 heteroatoms. The van der Waals surface area contributed by atoms with Gasteiger partial charge in [0.25, 0.3) is 0 Å². The zero-order valence-corrected chi connectivity index (χ0v) is 4.90. The summed E-state index contributed by atoms with van der Waals surface area (Å²) in [6.45, 7) is 0. The summed E-state index contributed by atoms with van der Waals surface area (Å²) in [5.41, 5.74) is 0. The van der Waals surface area contributed by atoms with E-state index >= 15 is 0 Å². The van der Waals surface area contributed by atoms with E-state index in [4.69, 9.17) is 5.11 Å². The van der Waals surface area contributed by atoms with Gasteiger partial charge in [0.15, 0.2) is 5.12 Å². The maximum absolute atomic E-state index is 10.1. The van der Waals surface area contributed by atoms with Gasteiger partial charge in [0.1, 0.15) is 6.42 Å². The molecule has 0 aliphatic rings. The van der Waals surface area contributed by atoms with Crippen LogP contribution in [0.1, 0.15) is 6.42 Å². The Kier molecular flexibility index (Phi) is 3.26. The summed E-state index contributed by atoms with van der Waals surface area (Å²) in [6, 6.07) is 0. The third kappa shape index (κ3) is 3.67. The van der Waals surface area contributed by atoms with Crippen LogP contribution in [0.5, 0.6) is 0 Å². The Morgan fingerprint density at radius 2 is 2.12 bits per heavy atom. The second-order valence-electron chi connectivity index (χ2n) is 1.09. The molecule has 0 spiro atoms. The van der Waals surface area contributed by atoms with E-state index < -0.39 is 17.5 Å². The highest BCUT2D eigenvalue weighted by Crippen LogP contribution is 2.00. The third-order valence-corrected chi connectivity index (χ3v) is 0.923. The predicted octanol–water partition coefficient (Wildman–Crippen LogP) is 0.512. The van der Waals surface area contributed by atoms with Gasteiger partial charge in [-0.3, -0.25) is 9.59 Å². The molecule has 0 aliphatic heterocycles.